The van der Waals surface area contributed by atoms with Gasteiger partial charge in [-0.3, -0.25) is 4.98 Å². The van der Waals surface area contributed by atoms with Crippen LogP contribution in [-0.2, 0) is 6.42 Å². The number of benzene rings is 8. The Bertz CT molecular complexity index is 3530. The normalized spacial score (nSPS) is 17.3. The molecule has 288 valence electrons. The van der Waals surface area contributed by atoms with Gasteiger partial charge in [-0.15, -0.1) is 0 Å². The predicted octanol–water partition coefficient (Wildman–Crippen LogP) is 15.7. The zero-order chi connectivity index (χ0) is 40.2. The van der Waals surface area contributed by atoms with E-state index in [4.69, 9.17) is 4.98 Å². The van der Waals surface area contributed by atoms with E-state index in [9.17, 15) is 0 Å². The summed E-state index contributed by atoms with van der Waals surface area (Å²) in [4.78, 5) is 7.59. The quantitative estimate of drug-likeness (QED) is 0.177. The summed E-state index contributed by atoms with van der Waals surface area (Å²) in [6.45, 7) is 2.36. The molecule has 2 aliphatic carbocycles. The first-order chi connectivity index (χ1) is 30.2. The molecular formula is C58H40N2S. The van der Waals surface area contributed by atoms with E-state index < -0.39 is 0 Å². The Labute approximate surface area is 359 Å². The van der Waals surface area contributed by atoms with Crippen molar-refractivity contribution >= 4 is 61.3 Å². The first kappa shape index (κ1) is 34.9. The Balaban J connectivity index is 0.991. The smallest absolute Gasteiger partial charge is 0.0742 e. The van der Waals surface area contributed by atoms with Crippen molar-refractivity contribution in [2.24, 2.45) is 0 Å². The van der Waals surface area contributed by atoms with Crippen LogP contribution in [0.15, 0.2) is 192 Å². The lowest BCUT2D eigenvalue weighted by atomic mass is 9.72. The molecule has 0 spiro atoms. The van der Waals surface area contributed by atoms with Crippen LogP contribution in [0, 0.1) is 0 Å². The summed E-state index contributed by atoms with van der Waals surface area (Å²) in [6, 6.07) is 59.4. The summed E-state index contributed by atoms with van der Waals surface area (Å²) in [5.41, 5.74) is 19.4. The Morgan fingerprint density at radius 3 is 2.34 bits per heavy atom. The Morgan fingerprint density at radius 2 is 1.41 bits per heavy atom. The minimum absolute atomic E-state index is 0.230. The van der Waals surface area contributed by atoms with Crippen molar-refractivity contribution in [1.82, 2.24) is 9.55 Å². The van der Waals surface area contributed by atoms with E-state index in [1.54, 1.807) is 0 Å². The second-order valence-corrected chi connectivity index (χ2v) is 18.1. The van der Waals surface area contributed by atoms with Crippen LogP contribution in [-0.4, -0.2) is 9.55 Å². The fraction of sp³-hybridized carbons (Fsp3) is 0.0862. The summed E-state index contributed by atoms with van der Waals surface area (Å²) >= 11 is 1.89. The number of rotatable bonds is 3. The standard InChI is InChI=1S/C58H40N2S/c1-35-14-4-2-7-21-44-48(33-39-15-13-29-59-58(39)55(35)44)47-32-38-26-25-36(30-46(38)41-18-8-9-19-42(41)47)37-27-28-51-50(31-37)56-45-22-12-24-54-57(45)49(43-20-10-11-23-53(43)61-54)34-52(56)60(51)40-16-5-3-6-17-40/h2-13,15-31,33-35,47H,14,32H2,1H3/b4-2+,21-7-. The second kappa shape index (κ2) is 13.5. The maximum atomic E-state index is 4.95. The van der Waals surface area contributed by atoms with Crippen molar-refractivity contribution in [3.8, 4) is 39.1 Å². The van der Waals surface area contributed by atoms with Gasteiger partial charge >= 0.3 is 0 Å². The van der Waals surface area contributed by atoms with E-state index in [-0.39, 0.29) is 5.92 Å². The van der Waals surface area contributed by atoms with Crippen LogP contribution in [0.1, 0.15) is 53.0 Å². The molecule has 61 heavy (non-hydrogen) atoms. The number of hydrogen-bond acceptors (Lipinski definition) is 2. The number of hydrogen-bond donors (Lipinski definition) is 0. The van der Waals surface area contributed by atoms with Gasteiger partial charge in [-0.25, -0.2) is 0 Å². The molecule has 2 aromatic heterocycles. The molecule has 1 aliphatic heterocycles. The highest BCUT2D eigenvalue weighted by Crippen LogP contribution is 2.52. The first-order valence-corrected chi connectivity index (χ1v) is 22.3. The summed E-state index contributed by atoms with van der Waals surface area (Å²) in [5, 5.41) is 6.48. The van der Waals surface area contributed by atoms with Crippen LogP contribution in [0.5, 0.6) is 0 Å². The average molecular weight is 797 g/mol. The number of para-hydroxylation sites is 1. The van der Waals surface area contributed by atoms with Crippen molar-refractivity contribution in [3.63, 3.8) is 0 Å². The molecule has 0 amide bonds. The molecule has 0 N–H and O–H groups in total. The molecule has 8 aromatic carbocycles. The van der Waals surface area contributed by atoms with E-state index in [2.05, 4.69) is 194 Å². The minimum Gasteiger partial charge on any atom is -0.309 e. The molecule has 13 rings (SSSR count). The van der Waals surface area contributed by atoms with Crippen LogP contribution in [0.25, 0.3) is 88.6 Å². The number of nitrogens with zero attached hydrogens (tertiary/aromatic N) is 2. The molecule has 3 heterocycles. The molecular weight excluding hydrogens is 757 g/mol. The highest BCUT2D eigenvalue weighted by atomic mass is 32.2. The second-order valence-electron chi connectivity index (χ2n) is 17.0. The Kier molecular flexibility index (Phi) is 7.74. The van der Waals surface area contributed by atoms with Gasteiger partial charge in [0, 0.05) is 49.1 Å². The predicted molar refractivity (Wildman–Crippen MR) is 257 cm³/mol. The molecule has 10 aromatic rings. The van der Waals surface area contributed by atoms with E-state index in [0.29, 0.717) is 5.92 Å². The average Bonchev–Trinajstić information content (AvgIpc) is 3.64. The summed E-state index contributed by atoms with van der Waals surface area (Å²) in [7, 11) is 0. The van der Waals surface area contributed by atoms with Crippen molar-refractivity contribution in [3.05, 3.63) is 210 Å². The van der Waals surface area contributed by atoms with Crippen molar-refractivity contribution < 1.29 is 0 Å². The van der Waals surface area contributed by atoms with Gasteiger partial charge in [0.2, 0.25) is 0 Å². The van der Waals surface area contributed by atoms with Gasteiger partial charge < -0.3 is 4.57 Å². The maximum Gasteiger partial charge on any atom is 0.0742 e. The lowest BCUT2D eigenvalue weighted by Crippen LogP contribution is -2.15. The van der Waals surface area contributed by atoms with Crippen LogP contribution in [0.3, 0.4) is 0 Å². The van der Waals surface area contributed by atoms with Crippen LogP contribution >= 0.6 is 11.8 Å². The van der Waals surface area contributed by atoms with Crippen molar-refractivity contribution in [2.45, 2.75) is 41.4 Å². The van der Waals surface area contributed by atoms with Crippen LogP contribution < -0.4 is 0 Å². The number of aromatic nitrogens is 2. The van der Waals surface area contributed by atoms with E-state index in [0.717, 1.165) is 18.4 Å². The van der Waals surface area contributed by atoms with Gasteiger partial charge in [-0.2, -0.15) is 0 Å². The van der Waals surface area contributed by atoms with Gasteiger partial charge in [-0.1, -0.05) is 140 Å². The third-order valence-corrected chi connectivity index (χ3v) is 14.8. The molecule has 3 heteroatoms. The molecule has 2 atom stereocenters. The SMILES string of the molecule is CC1C/C=C/C=C\c2c(C3Cc4ccc(-c5ccc6c(c5)c5c7cccc8c7c(cc5n6-c5ccccc5)-c5ccccc5S8)cc4-c4ccccc43)cc3cccnc3c21. The van der Waals surface area contributed by atoms with E-state index in [1.807, 2.05) is 18.0 Å². The van der Waals surface area contributed by atoms with Crippen LogP contribution in [0.2, 0.25) is 0 Å². The Morgan fingerprint density at radius 1 is 0.590 bits per heavy atom. The van der Waals surface area contributed by atoms with Gasteiger partial charge in [0.25, 0.3) is 0 Å². The lowest BCUT2D eigenvalue weighted by Gasteiger charge is -2.31. The largest absolute Gasteiger partial charge is 0.309 e. The van der Waals surface area contributed by atoms with Crippen molar-refractivity contribution in [1.29, 1.82) is 0 Å². The number of allylic oxidation sites excluding steroid dienone is 3. The molecule has 2 nitrogen and oxygen atoms in total. The highest BCUT2D eigenvalue weighted by Gasteiger charge is 2.30. The topological polar surface area (TPSA) is 17.8 Å². The fourth-order valence-electron chi connectivity index (χ4n) is 10.9. The molecule has 0 saturated heterocycles. The molecule has 0 fully saturated rings. The first-order valence-electron chi connectivity index (χ1n) is 21.5. The van der Waals surface area contributed by atoms with Gasteiger partial charge in [-0.05, 0) is 146 Å². The molecule has 0 radical (unpaired) electrons. The van der Waals surface area contributed by atoms with Crippen LogP contribution in [0.4, 0.5) is 0 Å². The summed E-state index contributed by atoms with van der Waals surface area (Å²) < 4.78 is 2.47. The summed E-state index contributed by atoms with van der Waals surface area (Å²) in [6.07, 6.45) is 13.0. The number of pyridine rings is 1. The van der Waals surface area contributed by atoms with E-state index >= 15 is 0 Å². The zero-order valence-electron chi connectivity index (χ0n) is 33.8. The van der Waals surface area contributed by atoms with E-state index in [1.165, 1.54) is 115 Å². The highest BCUT2D eigenvalue weighted by molar-refractivity contribution is 7.99. The third kappa shape index (κ3) is 5.27. The number of fused-ring (bicyclic) bond motifs is 12. The van der Waals surface area contributed by atoms with Gasteiger partial charge in [0.1, 0.15) is 0 Å². The minimum atomic E-state index is 0.230. The summed E-state index contributed by atoms with van der Waals surface area (Å²) in [5.74, 6) is 0.601. The van der Waals surface area contributed by atoms with Gasteiger partial charge in [0.05, 0.1) is 16.6 Å². The molecule has 0 bridgehead atoms. The molecule has 2 unspecified atom stereocenters. The fourth-order valence-corrected chi connectivity index (χ4v) is 12.1. The monoisotopic (exact) mass is 796 g/mol. The maximum absolute atomic E-state index is 4.95. The van der Waals surface area contributed by atoms with Crippen molar-refractivity contribution in [2.75, 3.05) is 0 Å². The lowest BCUT2D eigenvalue weighted by molar-refractivity contribution is 0.762. The Hall–Kier alpha value is -6.94. The molecule has 0 saturated carbocycles. The zero-order valence-corrected chi connectivity index (χ0v) is 34.6. The molecule has 3 aliphatic rings. The van der Waals surface area contributed by atoms with Gasteiger partial charge in [0.15, 0.2) is 0 Å². The third-order valence-electron chi connectivity index (χ3n) is 13.6.